The van der Waals surface area contributed by atoms with Crippen LogP contribution in [0.15, 0.2) is 11.0 Å². The van der Waals surface area contributed by atoms with E-state index in [1.54, 1.807) is 12.3 Å². The van der Waals surface area contributed by atoms with Crippen LogP contribution in [0.25, 0.3) is 0 Å². The third-order valence-corrected chi connectivity index (χ3v) is 2.10. The summed E-state index contributed by atoms with van der Waals surface area (Å²) in [5.74, 6) is -0.200. The second kappa shape index (κ2) is 8.10. The summed E-state index contributed by atoms with van der Waals surface area (Å²) in [5.41, 5.74) is 0.326. The van der Waals surface area contributed by atoms with E-state index in [1.165, 1.54) is 11.8 Å². The molecule has 0 bridgehead atoms. The Labute approximate surface area is 81.6 Å². The molecule has 2 N–H and O–H groups in total. The van der Waals surface area contributed by atoms with Gasteiger partial charge in [0.2, 0.25) is 0 Å². The highest BCUT2D eigenvalue weighted by Crippen LogP contribution is 2.06. The summed E-state index contributed by atoms with van der Waals surface area (Å²) in [6.45, 7) is 2.43. The average molecular weight is 206 g/mol. The Morgan fingerprint density at radius 2 is 2.23 bits per heavy atom. The van der Waals surface area contributed by atoms with E-state index in [1.807, 2.05) is 0 Å². The molecule has 0 aromatic rings. The first-order chi connectivity index (χ1) is 6.18. The lowest BCUT2D eigenvalue weighted by Crippen LogP contribution is -2.02. The van der Waals surface area contributed by atoms with Gasteiger partial charge in [-0.2, -0.15) is 0 Å². The molecular weight excluding hydrogens is 192 g/mol. The van der Waals surface area contributed by atoms with Crippen molar-refractivity contribution < 1.29 is 19.7 Å². The van der Waals surface area contributed by atoms with Gasteiger partial charge < -0.3 is 14.9 Å². The lowest BCUT2D eigenvalue weighted by Gasteiger charge is -1.99. The van der Waals surface area contributed by atoms with Gasteiger partial charge in [0.25, 0.3) is 0 Å². The number of aliphatic hydroxyl groups is 1. The summed E-state index contributed by atoms with van der Waals surface area (Å²) < 4.78 is 4.98. The normalized spacial score (nSPS) is 11.7. The number of carboxylic acid groups (broad SMARTS) is 1. The zero-order valence-electron chi connectivity index (χ0n) is 7.52. The van der Waals surface area contributed by atoms with Gasteiger partial charge >= 0.3 is 5.97 Å². The number of ether oxygens (including phenoxy) is 1. The van der Waals surface area contributed by atoms with Crippen molar-refractivity contribution in [3.63, 3.8) is 0 Å². The third kappa shape index (κ3) is 7.83. The summed E-state index contributed by atoms with van der Waals surface area (Å²) in [6.07, 6.45) is 0. The summed E-state index contributed by atoms with van der Waals surface area (Å²) in [7, 11) is 0. The van der Waals surface area contributed by atoms with E-state index in [4.69, 9.17) is 14.9 Å². The average Bonchev–Trinajstić information content (AvgIpc) is 2.10. The minimum absolute atomic E-state index is 0.0225. The molecular formula is C8H14O4S. The minimum Gasteiger partial charge on any atom is -0.478 e. The molecule has 0 aliphatic carbocycles. The molecule has 0 aromatic carbocycles. The number of hydrogen-bond donors (Lipinski definition) is 2. The van der Waals surface area contributed by atoms with Crippen molar-refractivity contribution in [2.45, 2.75) is 6.92 Å². The Balaban J connectivity index is 3.34. The van der Waals surface area contributed by atoms with Gasteiger partial charge in [0, 0.05) is 11.3 Å². The summed E-state index contributed by atoms with van der Waals surface area (Å²) in [6, 6.07) is 0. The molecule has 5 heteroatoms. The number of aliphatic carboxylic acids is 1. The van der Waals surface area contributed by atoms with Crippen LogP contribution in [0.4, 0.5) is 0 Å². The van der Waals surface area contributed by atoms with Gasteiger partial charge in [-0.3, -0.25) is 0 Å². The Kier molecular flexibility index (Phi) is 7.77. The van der Waals surface area contributed by atoms with E-state index < -0.39 is 5.97 Å². The Bertz CT molecular complexity index is 179. The van der Waals surface area contributed by atoms with Crippen molar-refractivity contribution in [1.29, 1.82) is 0 Å². The highest BCUT2D eigenvalue weighted by atomic mass is 32.2. The van der Waals surface area contributed by atoms with E-state index >= 15 is 0 Å². The van der Waals surface area contributed by atoms with Gasteiger partial charge in [0.1, 0.15) is 0 Å². The fourth-order valence-corrected chi connectivity index (χ4v) is 1.19. The zero-order valence-corrected chi connectivity index (χ0v) is 8.34. The van der Waals surface area contributed by atoms with Crippen LogP contribution in [0.2, 0.25) is 0 Å². The number of thioether (sulfide) groups is 1. The van der Waals surface area contributed by atoms with E-state index in [0.717, 1.165) is 0 Å². The molecule has 0 heterocycles. The highest BCUT2D eigenvalue weighted by Gasteiger charge is 1.97. The Hall–Kier alpha value is -0.520. The first-order valence-corrected chi connectivity index (χ1v) is 4.93. The molecule has 0 aromatic heterocycles. The summed E-state index contributed by atoms with van der Waals surface area (Å²) in [5, 5.41) is 18.4. The van der Waals surface area contributed by atoms with Gasteiger partial charge in [-0.15, -0.1) is 11.8 Å². The fourth-order valence-electron chi connectivity index (χ4n) is 0.508. The van der Waals surface area contributed by atoms with Crippen LogP contribution in [-0.2, 0) is 9.53 Å². The second-order valence-electron chi connectivity index (χ2n) is 2.31. The van der Waals surface area contributed by atoms with Crippen LogP contribution >= 0.6 is 11.8 Å². The standard InChI is InChI=1S/C8H14O4S/c1-7(8(10)11)6-13-5-4-12-3-2-9/h6,9H,2-5H2,1H3,(H,10,11). The van der Waals surface area contributed by atoms with Crippen LogP contribution in [0, 0.1) is 0 Å². The van der Waals surface area contributed by atoms with Gasteiger partial charge in [-0.05, 0) is 12.3 Å². The molecule has 0 fully saturated rings. The topological polar surface area (TPSA) is 66.8 Å². The van der Waals surface area contributed by atoms with Crippen molar-refractivity contribution in [2.75, 3.05) is 25.6 Å². The maximum absolute atomic E-state index is 10.3. The molecule has 76 valence electrons. The third-order valence-electron chi connectivity index (χ3n) is 1.18. The summed E-state index contributed by atoms with van der Waals surface area (Å²) in [4.78, 5) is 10.3. The molecule has 0 saturated heterocycles. The minimum atomic E-state index is -0.899. The van der Waals surface area contributed by atoms with Crippen molar-refractivity contribution in [1.82, 2.24) is 0 Å². The van der Waals surface area contributed by atoms with Gasteiger partial charge in [0.05, 0.1) is 19.8 Å². The molecule has 0 unspecified atom stereocenters. The highest BCUT2D eigenvalue weighted by molar-refractivity contribution is 8.02. The van der Waals surface area contributed by atoms with Crippen molar-refractivity contribution in [3.05, 3.63) is 11.0 Å². The van der Waals surface area contributed by atoms with Crippen molar-refractivity contribution in [2.24, 2.45) is 0 Å². The molecule has 0 saturated carbocycles. The van der Waals surface area contributed by atoms with Gasteiger partial charge in [-0.25, -0.2) is 4.79 Å². The molecule has 0 aliphatic rings. The molecule has 0 amide bonds. The van der Waals surface area contributed by atoms with E-state index in [9.17, 15) is 4.79 Å². The second-order valence-corrected chi connectivity index (χ2v) is 3.29. The molecule has 0 spiro atoms. The lowest BCUT2D eigenvalue weighted by atomic mass is 10.4. The van der Waals surface area contributed by atoms with E-state index in [0.29, 0.717) is 24.5 Å². The molecule has 0 rings (SSSR count). The molecule has 0 atom stereocenters. The number of hydrogen-bond acceptors (Lipinski definition) is 4. The van der Waals surface area contributed by atoms with Gasteiger partial charge in [0.15, 0.2) is 0 Å². The Morgan fingerprint density at radius 1 is 1.54 bits per heavy atom. The van der Waals surface area contributed by atoms with Crippen molar-refractivity contribution >= 4 is 17.7 Å². The smallest absolute Gasteiger partial charge is 0.331 e. The molecule has 0 aliphatic heterocycles. The maximum atomic E-state index is 10.3. The monoisotopic (exact) mass is 206 g/mol. The predicted octanol–water partition coefficient (Wildman–Crippen LogP) is 0.717. The van der Waals surface area contributed by atoms with Crippen LogP contribution < -0.4 is 0 Å². The van der Waals surface area contributed by atoms with Crippen LogP contribution in [-0.4, -0.2) is 41.8 Å². The first kappa shape index (κ1) is 12.5. The molecule has 4 nitrogen and oxygen atoms in total. The summed E-state index contributed by atoms with van der Waals surface area (Å²) >= 11 is 1.39. The lowest BCUT2D eigenvalue weighted by molar-refractivity contribution is -0.132. The predicted molar refractivity (Wildman–Crippen MR) is 51.8 cm³/mol. The van der Waals surface area contributed by atoms with Crippen molar-refractivity contribution in [3.8, 4) is 0 Å². The first-order valence-electron chi connectivity index (χ1n) is 3.88. The van der Waals surface area contributed by atoms with Crippen LogP contribution in [0.3, 0.4) is 0 Å². The number of aliphatic hydroxyl groups excluding tert-OH is 1. The van der Waals surface area contributed by atoms with Crippen LogP contribution in [0.5, 0.6) is 0 Å². The van der Waals surface area contributed by atoms with Crippen LogP contribution in [0.1, 0.15) is 6.92 Å². The van der Waals surface area contributed by atoms with Gasteiger partial charge in [-0.1, -0.05) is 0 Å². The number of carboxylic acids is 1. The maximum Gasteiger partial charge on any atom is 0.331 e. The largest absolute Gasteiger partial charge is 0.478 e. The number of carbonyl (C=O) groups is 1. The molecule has 13 heavy (non-hydrogen) atoms. The fraction of sp³-hybridized carbons (Fsp3) is 0.625. The zero-order chi connectivity index (χ0) is 10.1. The molecule has 0 radical (unpaired) electrons. The Morgan fingerprint density at radius 3 is 2.77 bits per heavy atom. The SMILES string of the molecule is CC(=CSCCOCCO)C(=O)O. The quantitative estimate of drug-likeness (QED) is 0.474. The number of rotatable bonds is 7. The van der Waals surface area contributed by atoms with E-state index in [-0.39, 0.29) is 6.61 Å². The van der Waals surface area contributed by atoms with E-state index in [2.05, 4.69) is 0 Å².